The number of piperidine rings is 2. The molecule has 0 radical (unpaired) electrons. The van der Waals surface area contributed by atoms with Crippen molar-refractivity contribution in [1.82, 2.24) is 10.2 Å². The summed E-state index contributed by atoms with van der Waals surface area (Å²) < 4.78 is 15.4. The summed E-state index contributed by atoms with van der Waals surface area (Å²) in [5.74, 6) is -1.69. The second-order valence-corrected chi connectivity index (χ2v) is 7.68. The Bertz CT molecular complexity index is 863. The lowest BCUT2D eigenvalue weighted by molar-refractivity contribution is -0.137. The van der Waals surface area contributed by atoms with Crippen LogP contribution in [0.2, 0.25) is 0 Å². The van der Waals surface area contributed by atoms with E-state index in [0.717, 1.165) is 6.29 Å². The first kappa shape index (κ1) is 18.6. The van der Waals surface area contributed by atoms with Gasteiger partial charge in [0, 0.05) is 36.6 Å². The van der Waals surface area contributed by atoms with E-state index < -0.39 is 23.8 Å². The predicted octanol–water partition coefficient (Wildman–Crippen LogP) is 1.56. The lowest BCUT2D eigenvalue weighted by atomic mass is 9.97. The molecule has 0 aliphatic carbocycles. The zero-order chi connectivity index (χ0) is 20.0. The Morgan fingerprint density at radius 2 is 1.86 bits per heavy atom. The molecule has 4 rings (SSSR count). The third kappa shape index (κ3) is 2.87. The molecule has 3 heterocycles. The highest BCUT2D eigenvalue weighted by Crippen LogP contribution is 2.41. The highest BCUT2D eigenvalue weighted by Gasteiger charge is 2.45. The van der Waals surface area contributed by atoms with E-state index in [-0.39, 0.29) is 36.1 Å². The van der Waals surface area contributed by atoms with E-state index in [2.05, 4.69) is 5.32 Å². The molecular formula is C20H22FN3O4. The van der Waals surface area contributed by atoms with Crippen LogP contribution in [0.4, 0.5) is 10.1 Å². The summed E-state index contributed by atoms with van der Waals surface area (Å²) in [5, 5.41) is 2.26. The van der Waals surface area contributed by atoms with Crippen molar-refractivity contribution < 1.29 is 23.6 Å². The van der Waals surface area contributed by atoms with Crippen LogP contribution in [0.5, 0.6) is 0 Å². The van der Waals surface area contributed by atoms with Gasteiger partial charge in [-0.2, -0.15) is 0 Å². The molecule has 3 aliphatic rings. The Labute approximate surface area is 161 Å². The van der Waals surface area contributed by atoms with Gasteiger partial charge in [0.25, 0.3) is 5.91 Å². The summed E-state index contributed by atoms with van der Waals surface area (Å²) >= 11 is 0. The van der Waals surface area contributed by atoms with Crippen LogP contribution < -0.4 is 10.2 Å². The summed E-state index contributed by atoms with van der Waals surface area (Å²) in [7, 11) is 0. The van der Waals surface area contributed by atoms with Gasteiger partial charge in [0.2, 0.25) is 11.8 Å². The molecule has 2 atom stereocenters. The van der Waals surface area contributed by atoms with Gasteiger partial charge in [-0.05, 0) is 38.3 Å². The fraction of sp³-hybridized carbons (Fsp3) is 0.500. The topological polar surface area (TPSA) is 86.8 Å². The molecular weight excluding hydrogens is 365 g/mol. The standard InChI is InChI=1S/C20H22FN3O4/c1-11-17-13(20(28)24(11)15-4-5-16(26)22-19(15)27)2-3-14(18(17)21)23-8-6-12(10-25)7-9-23/h2-3,10-12,15H,4-9H2,1H3,(H,22,26,27). The molecule has 1 aromatic carbocycles. The quantitative estimate of drug-likeness (QED) is 0.628. The second-order valence-electron chi connectivity index (χ2n) is 7.68. The number of nitrogens with one attached hydrogen (secondary N) is 1. The first-order valence-corrected chi connectivity index (χ1v) is 9.61. The number of nitrogens with zero attached hydrogens (tertiary/aromatic N) is 2. The highest BCUT2D eigenvalue weighted by molar-refractivity contribution is 6.06. The number of halogens is 1. The number of anilines is 1. The Kier molecular flexibility index (Phi) is 4.64. The molecule has 28 heavy (non-hydrogen) atoms. The number of carbonyl (C=O) groups excluding carboxylic acids is 4. The summed E-state index contributed by atoms with van der Waals surface area (Å²) in [5.41, 5.74) is 0.985. The van der Waals surface area contributed by atoms with Crippen molar-refractivity contribution in [1.29, 1.82) is 0 Å². The van der Waals surface area contributed by atoms with Crippen LogP contribution in [0, 0.1) is 11.7 Å². The molecule has 7 nitrogen and oxygen atoms in total. The molecule has 0 spiro atoms. The van der Waals surface area contributed by atoms with Crippen molar-refractivity contribution in [2.75, 3.05) is 18.0 Å². The SMILES string of the molecule is CC1c2c(ccc(N3CCC(C=O)CC3)c2F)C(=O)N1C1CCC(=O)NC1=O. The van der Waals surface area contributed by atoms with Gasteiger partial charge in [-0.3, -0.25) is 19.7 Å². The molecule has 3 amide bonds. The van der Waals surface area contributed by atoms with Gasteiger partial charge >= 0.3 is 0 Å². The highest BCUT2D eigenvalue weighted by atomic mass is 19.1. The van der Waals surface area contributed by atoms with Gasteiger partial charge in [-0.15, -0.1) is 0 Å². The monoisotopic (exact) mass is 387 g/mol. The summed E-state index contributed by atoms with van der Waals surface area (Å²) in [6, 6.07) is 1.84. The average molecular weight is 387 g/mol. The minimum Gasteiger partial charge on any atom is -0.369 e. The van der Waals surface area contributed by atoms with Crippen molar-refractivity contribution in [2.45, 2.75) is 44.7 Å². The molecule has 0 saturated carbocycles. The number of benzene rings is 1. The zero-order valence-electron chi connectivity index (χ0n) is 15.6. The Balaban J connectivity index is 1.63. The smallest absolute Gasteiger partial charge is 0.255 e. The van der Waals surface area contributed by atoms with Gasteiger partial charge in [-0.25, -0.2) is 4.39 Å². The number of hydrogen-bond donors (Lipinski definition) is 1. The number of fused-ring (bicyclic) bond motifs is 1. The number of aldehydes is 1. The van der Waals surface area contributed by atoms with Crippen molar-refractivity contribution >= 4 is 29.7 Å². The van der Waals surface area contributed by atoms with Crippen LogP contribution >= 0.6 is 0 Å². The van der Waals surface area contributed by atoms with Gasteiger partial charge in [0.15, 0.2) is 5.82 Å². The third-order valence-electron chi connectivity index (χ3n) is 6.08. The van der Waals surface area contributed by atoms with Gasteiger partial charge < -0.3 is 14.6 Å². The van der Waals surface area contributed by atoms with Crippen LogP contribution in [-0.4, -0.2) is 48.0 Å². The maximum atomic E-state index is 15.4. The van der Waals surface area contributed by atoms with Crippen molar-refractivity contribution in [3.63, 3.8) is 0 Å². The fourth-order valence-electron chi connectivity index (χ4n) is 4.51. The predicted molar refractivity (Wildman–Crippen MR) is 98.2 cm³/mol. The Morgan fingerprint density at radius 1 is 1.14 bits per heavy atom. The van der Waals surface area contributed by atoms with Crippen LogP contribution in [0.25, 0.3) is 0 Å². The molecule has 2 saturated heterocycles. The molecule has 0 bridgehead atoms. The average Bonchev–Trinajstić information content (AvgIpc) is 2.94. The molecule has 1 aromatic rings. The number of hydrogen-bond acceptors (Lipinski definition) is 5. The maximum Gasteiger partial charge on any atom is 0.255 e. The zero-order valence-corrected chi connectivity index (χ0v) is 15.6. The second kappa shape index (κ2) is 7.00. The molecule has 148 valence electrons. The van der Waals surface area contributed by atoms with Crippen molar-refractivity contribution in [3.05, 3.63) is 29.1 Å². The fourth-order valence-corrected chi connectivity index (χ4v) is 4.51. The number of rotatable bonds is 3. The lowest BCUT2D eigenvalue weighted by Gasteiger charge is -2.33. The Morgan fingerprint density at radius 3 is 2.50 bits per heavy atom. The van der Waals surface area contributed by atoms with Crippen molar-refractivity contribution in [3.8, 4) is 0 Å². The number of carbonyl (C=O) groups is 4. The normalized spacial score (nSPS) is 25.7. The van der Waals surface area contributed by atoms with E-state index in [9.17, 15) is 19.2 Å². The number of amides is 3. The maximum absolute atomic E-state index is 15.4. The summed E-state index contributed by atoms with van der Waals surface area (Å²) in [4.78, 5) is 50.8. The van der Waals surface area contributed by atoms with Crippen molar-refractivity contribution in [2.24, 2.45) is 5.92 Å². The van der Waals surface area contributed by atoms with Crippen LogP contribution in [-0.2, 0) is 14.4 Å². The lowest BCUT2D eigenvalue weighted by Crippen LogP contribution is -2.53. The molecule has 8 heteroatoms. The van der Waals surface area contributed by atoms with Crippen LogP contribution in [0.1, 0.15) is 54.6 Å². The first-order chi connectivity index (χ1) is 13.4. The first-order valence-electron chi connectivity index (χ1n) is 9.61. The minimum atomic E-state index is -0.779. The van der Waals surface area contributed by atoms with Crippen LogP contribution in [0.15, 0.2) is 12.1 Å². The minimum absolute atomic E-state index is 0.0113. The summed E-state index contributed by atoms with van der Waals surface area (Å²) in [6.45, 7) is 2.87. The van der Waals surface area contributed by atoms with E-state index in [0.29, 0.717) is 37.2 Å². The van der Waals surface area contributed by atoms with E-state index in [1.807, 2.05) is 4.90 Å². The van der Waals surface area contributed by atoms with Gasteiger partial charge in [-0.1, -0.05) is 0 Å². The number of imide groups is 1. The molecule has 2 unspecified atom stereocenters. The molecule has 3 aliphatic heterocycles. The van der Waals surface area contributed by atoms with Gasteiger partial charge in [0.1, 0.15) is 12.3 Å². The largest absolute Gasteiger partial charge is 0.369 e. The van der Waals surface area contributed by atoms with E-state index in [4.69, 9.17) is 0 Å². The third-order valence-corrected chi connectivity index (χ3v) is 6.08. The Hall–Kier alpha value is -2.77. The summed E-state index contributed by atoms with van der Waals surface area (Å²) in [6.07, 6.45) is 2.70. The molecule has 2 fully saturated rings. The van der Waals surface area contributed by atoms with E-state index in [1.54, 1.807) is 19.1 Å². The van der Waals surface area contributed by atoms with E-state index in [1.165, 1.54) is 4.90 Å². The molecule has 0 aromatic heterocycles. The van der Waals surface area contributed by atoms with Gasteiger partial charge in [0.05, 0.1) is 11.7 Å². The molecule has 1 N–H and O–H groups in total. The van der Waals surface area contributed by atoms with Crippen LogP contribution in [0.3, 0.4) is 0 Å². The van der Waals surface area contributed by atoms with E-state index >= 15 is 4.39 Å².